The van der Waals surface area contributed by atoms with Crippen molar-refractivity contribution in [3.63, 3.8) is 0 Å². The fraction of sp³-hybridized carbons (Fsp3) is 0.500. The van der Waals surface area contributed by atoms with E-state index in [9.17, 15) is 13.2 Å². The van der Waals surface area contributed by atoms with Crippen LogP contribution in [0.2, 0.25) is 0 Å². The molecule has 0 radical (unpaired) electrons. The van der Waals surface area contributed by atoms with Crippen LogP contribution in [0, 0.1) is 0 Å². The number of nitrogens with one attached hydrogen (secondary N) is 1. The molecule has 1 heterocycles. The van der Waals surface area contributed by atoms with Gasteiger partial charge in [0.25, 0.3) is 5.91 Å². The van der Waals surface area contributed by atoms with E-state index in [1.54, 1.807) is 25.4 Å². The van der Waals surface area contributed by atoms with Gasteiger partial charge in [0, 0.05) is 25.2 Å². The molecule has 1 N–H and O–H groups in total. The highest BCUT2D eigenvalue weighted by Crippen LogP contribution is 2.26. The third-order valence-electron chi connectivity index (χ3n) is 5.83. The van der Waals surface area contributed by atoms with E-state index in [1.807, 2.05) is 31.1 Å². The molecule has 1 amide bonds. The molecule has 1 atom stereocenters. The summed E-state index contributed by atoms with van der Waals surface area (Å²) in [7, 11) is 1.93. The average Bonchev–Trinajstić information content (AvgIpc) is 3.28. The number of benzene rings is 1. The monoisotopic (exact) mass is 433 g/mol. The maximum atomic E-state index is 12.9. The van der Waals surface area contributed by atoms with Crippen molar-refractivity contribution in [3.8, 4) is 0 Å². The maximum Gasteiger partial charge on any atom is 0.251 e. The Hall–Kier alpha value is -2.16. The van der Waals surface area contributed by atoms with Crippen molar-refractivity contribution in [2.75, 3.05) is 27.7 Å². The van der Waals surface area contributed by atoms with Gasteiger partial charge in [-0.15, -0.1) is 0 Å². The van der Waals surface area contributed by atoms with Crippen molar-refractivity contribution in [1.29, 1.82) is 0 Å². The molecule has 0 bridgehead atoms. The molecule has 30 heavy (non-hydrogen) atoms. The molecule has 1 unspecified atom stereocenters. The molecule has 164 valence electrons. The van der Waals surface area contributed by atoms with Crippen LogP contribution in [0.3, 0.4) is 0 Å². The fourth-order valence-corrected chi connectivity index (χ4v) is 5.31. The normalized spacial score (nSPS) is 16.7. The SMILES string of the molecule is CN(C)C(CNC(=O)c1ccc(S(=O)(=O)N(C)C2CCCCC2)cc1)c1ccco1. The summed E-state index contributed by atoms with van der Waals surface area (Å²) in [5.41, 5.74) is 0.422. The number of furan rings is 1. The highest BCUT2D eigenvalue weighted by Gasteiger charge is 2.29. The molecule has 2 aromatic rings. The number of rotatable bonds is 8. The van der Waals surface area contributed by atoms with E-state index in [4.69, 9.17) is 4.42 Å². The lowest BCUT2D eigenvalue weighted by Gasteiger charge is -2.30. The van der Waals surface area contributed by atoms with Crippen LogP contribution in [0.4, 0.5) is 0 Å². The Labute approximate surface area is 179 Å². The number of sulfonamides is 1. The number of hydrogen-bond acceptors (Lipinski definition) is 5. The number of likely N-dealkylation sites (N-methyl/N-ethyl adjacent to an activating group) is 1. The molecular weight excluding hydrogens is 402 g/mol. The van der Waals surface area contributed by atoms with Gasteiger partial charge in [-0.1, -0.05) is 19.3 Å². The van der Waals surface area contributed by atoms with Gasteiger partial charge in [-0.2, -0.15) is 4.31 Å². The molecule has 1 saturated carbocycles. The Bertz CT molecular complexity index is 918. The van der Waals surface area contributed by atoms with Gasteiger partial charge in [-0.3, -0.25) is 9.69 Å². The van der Waals surface area contributed by atoms with E-state index in [1.165, 1.54) is 22.9 Å². The third-order valence-corrected chi connectivity index (χ3v) is 7.76. The lowest BCUT2D eigenvalue weighted by atomic mass is 9.96. The van der Waals surface area contributed by atoms with Crippen molar-refractivity contribution in [1.82, 2.24) is 14.5 Å². The van der Waals surface area contributed by atoms with Gasteiger partial charge < -0.3 is 9.73 Å². The van der Waals surface area contributed by atoms with Crippen molar-refractivity contribution >= 4 is 15.9 Å². The van der Waals surface area contributed by atoms with Crippen LogP contribution in [0.5, 0.6) is 0 Å². The second-order valence-electron chi connectivity index (χ2n) is 8.04. The Morgan fingerprint density at radius 1 is 1.10 bits per heavy atom. The predicted octanol–water partition coefficient (Wildman–Crippen LogP) is 3.27. The van der Waals surface area contributed by atoms with Gasteiger partial charge in [0.2, 0.25) is 10.0 Å². The van der Waals surface area contributed by atoms with Crippen molar-refractivity contribution in [2.24, 2.45) is 0 Å². The standard InChI is InChI=1S/C22H31N3O4S/c1-24(2)20(21-10-7-15-29-21)16-23-22(26)17-11-13-19(14-12-17)30(27,28)25(3)18-8-5-4-6-9-18/h7,10-15,18,20H,4-6,8-9,16H2,1-3H3,(H,23,26). The third kappa shape index (κ3) is 5.11. The van der Waals surface area contributed by atoms with Crippen LogP contribution in [-0.4, -0.2) is 57.3 Å². The molecule has 1 aliphatic rings. The fourth-order valence-electron chi connectivity index (χ4n) is 3.90. The minimum atomic E-state index is -3.57. The Kier molecular flexibility index (Phi) is 7.33. The summed E-state index contributed by atoms with van der Waals surface area (Å²) in [6, 6.07) is 9.81. The number of amides is 1. The maximum absolute atomic E-state index is 12.9. The Morgan fingerprint density at radius 2 is 1.77 bits per heavy atom. The van der Waals surface area contributed by atoms with E-state index in [0.717, 1.165) is 31.4 Å². The van der Waals surface area contributed by atoms with E-state index in [-0.39, 0.29) is 22.9 Å². The zero-order valence-corrected chi connectivity index (χ0v) is 18.7. The summed E-state index contributed by atoms with van der Waals surface area (Å²) in [4.78, 5) is 14.7. The second kappa shape index (κ2) is 9.76. The highest BCUT2D eigenvalue weighted by atomic mass is 32.2. The second-order valence-corrected chi connectivity index (χ2v) is 10.0. The summed E-state index contributed by atoms with van der Waals surface area (Å²) >= 11 is 0. The minimum Gasteiger partial charge on any atom is -0.468 e. The molecule has 0 spiro atoms. The summed E-state index contributed by atoms with van der Waals surface area (Å²) in [6.07, 6.45) is 6.71. The van der Waals surface area contributed by atoms with Crippen molar-refractivity contribution in [3.05, 3.63) is 54.0 Å². The Balaban J connectivity index is 1.65. The van der Waals surface area contributed by atoms with Crippen LogP contribution in [0.15, 0.2) is 52.0 Å². The zero-order valence-electron chi connectivity index (χ0n) is 17.9. The summed E-state index contributed by atoms with van der Waals surface area (Å²) in [5, 5.41) is 2.90. The molecule has 3 rings (SSSR count). The van der Waals surface area contributed by atoms with Crippen LogP contribution >= 0.6 is 0 Å². The summed E-state index contributed by atoms with van der Waals surface area (Å²) in [6.45, 7) is 0.379. The molecular formula is C22H31N3O4S. The highest BCUT2D eigenvalue weighted by molar-refractivity contribution is 7.89. The first-order valence-corrected chi connectivity index (χ1v) is 11.8. The average molecular weight is 434 g/mol. The predicted molar refractivity (Wildman–Crippen MR) is 116 cm³/mol. The number of carbonyl (C=O) groups is 1. The summed E-state index contributed by atoms with van der Waals surface area (Å²) < 4.78 is 32.8. The first-order chi connectivity index (χ1) is 14.3. The summed E-state index contributed by atoms with van der Waals surface area (Å²) in [5.74, 6) is 0.519. The number of nitrogens with zero attached hydrogens (tertiary/aromatic N) is 2. The number of hydrogen-bond donors (Lipinski definition) is 1. The van der Waals surface area contributed by atoms with Crippen LogP contribution < -0.4 is 5.32 Å². The van der Waals surface area contributed by atoms with E-state index < -0.39 is 10.0 Å². The number of carbonyl (C=O) groups excluding carboxylic acids is 1. The quantitative estimate of drug-likeness (QED) is 0.691. The van der Waals surface area contributed by atoms with E-state index >= 15 is 0 Å². The van der Waals surface area contributed by atoms with E-state index in [0.29, 0.717) is 12.1 Å². The molecule has 1 aromatic heterocycles. The molecule has 1 fully saturated rings. The van der Waals surface area contributed by atoms with Crippen LogP contribution in [0.25, 0.3) is 0 Å². The van der Waals surface area contributed by atoms with Gasteiger partial charge >= 0.3 is 0 Å². The van der Waals surface area contributed by atoms with Crippen LogP contribution in [0.1, 0.15) is 54.3 Å². The smallest absolute Gasteiger partial charge is 0.251 e. The molecule has 0 saturated heterocycles. The minimum absolute atomic E-state index is 0.0521. The molecule has 1 aliphatic carbocycles. The largest absolute Gasteiger partial charge is 0.468 e. The van der Waals surface area contributed by atoms with Gasteiger partial charge in [0.15, 0.2) is 0 Å². The van der Waals surface area contributed by atoms with Crippen molar-refractivity contribution < 1.29 is 17.6 Å². The van der Waals surface area contributed by atoms with Crippen molar-refractivity contribution in [2.45, 2.75) is 49.1 Å². The zero-order chi connectivity index (χ0) is 21.7. The van der Waals surface area contributed by atoms with Gasteiger partial charge in [0.05, 0.1) is 17.2 Å². The van der Waals surface area contributed by atoms with Gasteiger partial charge in [-0.05, 0) is 63.3 Å². The lowest BCUT2D eigenvalue weighted by molar-refractivity contribution is 0.0939. The van der Waals surface area contributed by atoms with E-state index in [2.05, 4.69) is 5.32 Å². The topological polar surface area (TPSA) is 82.9 Å². The molecule has 0 aliphatic heterocycles. The molecule has 1 aromatic carbocycles. The van der Waals surface area contributed by atoms with Gasteiger partial charge in [0.1, 0.15) is 5.76 Å². The first kappa shape index (κ1) is 22.5. The van der Waals surface area contributed by atoms with Crippen LogP contribution in [-0.2, 0) is 10.0 Å². The Morgan fingerprint density at radius 3 is 2.33 bits per heavy atom. The lowest BCUT2D eigenvalue weighted by Crippen LogP contribution is -2.38. The first-order valence-electron chi connectivity index (χ1n) is 10.4. The molecule has 8 heteroatoms. The van der Waals surface area contributed by atoms with Gasteiger partial charge in [-0.25, -0.2) is 8.42 Å². The molecule has 7 nitrogen and oxygen atoms in total.